The highest BCUT2D eigenvalue weighted by Crippen LogP contribution is 2.13. The molecule has 0 aliphatic carbocycles. The number of rotatable bonds is 4. The number of amides is 1. The van der Waals surface area contributed by atoms with Crippen LogP contribution in [-0.4, -0.2) is 11.9 Å². The van der Waals surface area contributed by atoms with E-state index in [-0.39, 0.29) is 30.2 Å². The van der Waals surface area contributed by atoms with Crippen LogP contribution in [0.1, 0.15) is 25.3 Å². The van der Waals surface area contributed by atoms with E-state index in [2.05, 4.69) is 5.32 Å². The first-order valence-corrected chi connectivity index (χ1v) is 5.30. The molecule has 17 heavy (non-hydrogen) atoms. The van der Waals surface area contributed by atoms with Gasteiger partial charge in [0.15, 0.2) is 0 Å². The average molecular weight is 261 g/mol. The van der Waals surface area contributed by atoms with E-state index in [1.807, 2.05) is 6.92 Å². The van der Waals surface area contributed by atoms with E-state index in [1.54, 1.807) is 19.1 Å². The first kappa shape index (κ1) is 15.9. The van der Waals surface area contributed by atoms with Gasteiger partial charge in [0, 0.05) is 18.2 Å². The molecule has 1 amide bonds. The fraction of sp³-hybridized carbons (Fsp3) is 0.417. The van der Waals surface area contributed by atoms with Crippen molar-refractivity contribution in [1.29, 1.82) is 0 Å². The summed E-state index contributed by atoms with van der Waals surface area (Å²) in [6.07, 6.45) is 0.980. The summed E-state index contributed by atoms with van der Waals surface area (Å²) in [4.78, 5) is 11.4. The Labute approximate surface area is 107 Å². The normalized spacial score (nSPS) is 11.5. The largest absolute Gasteiger partial charge is 0.328 e. The molecule has 0 aliphatic heterocycles. The highest BCUT2D eigenvalue weighted by molar-refractivity contribution is 5.90. The maximum Gasteiger partial charge on any atom is 0.224 e. The van der Waals surface area contributed by atoms with Gasteiger partial charge in [-0.1, -0.05) is 6.07 Å². The van der Waals surface area contributed by atoms with Gasteiger partial charge in [0.2, 0.25) is 5.91 Å². The minimum atomic E-state index is -0.315. The third-order valence-electron chi connectivity index (χ3n) is 2.28. The summed E-state index contributed by atoms with van der Waals surface area (Å²) < 4.78 is 13.2. The first-order valence-electron chi connectivity index (χ1n) is 5.30. The fourth-order valence-electron chi connectivity index (χ4n) is 1.25. The highest BCUT2D eigenvalue weighted by atomic mass is 35.5. The molecule has 0 heterocycles. The number of halogens is 2. The Kier molecular flexibility index (Phi) is 6.76. The number of benzene rings is 1. The van der Waals surface area contributed by atoms with Gasteiger partial charge in [-0.25, -0.2) is 4.39 Å². The van der Waals surface area contributed by atoms with Gasteiger partial charge >= 0.3 is 0 Å². The zero-order valence-electron chi connectivity index (χ0n) is 10.00. The zero-order valence-corrected chi connectivity index (χ0v) is 10.8. The minimum absolute atomic E-state index is 0. The number of aryl methyl sites for hydroxylation is 1. The van der Waals surface area contributed by atoms with Crippen molar-refractivity contribution in [2.24, 2.45) is 5.73 Å². The van der Waals surface area contributed by atoms with Crippen molar-refractivity contribution in [1.82, 2.24) is 0 Å². The third-order valence-corrected chi connectivity index (χ3v) is 2.28. The van der Waals surface area contributed by atoms with E-state index in [9.17, 15) is 9.18 Å². The Morgan fingerprint density at radius 2 is 2.18 bits per heavy atom. The summed E-state index contributed by atoms with van der Waals surface area (Å²) in [5, 5.41) is 2.63. The lowest BCUT2D eigenvalue weighted by Crippen LogP contribution is -2.19. The molecule has 3 N–H and O–H groups in total. The summed E-state index contributed by atoms with van der Waals surface area (Å²) >= 11 is 0. The van der Waals surface area contributed by atoms with Gasteiger partial charge in [-0.05, 0) is 38.0 Å². The predicted octanol–water partition coefficient (Wildman–Crippen LogP) is 2.62. The second kappa shape index (κ2) is 7.25. The smallest absolute Gasteiger partial charge is 0.224 e. The summed E-state index contributed by atoms with van der Waals surface area (Å²) in [7, 11) is 0. The van der Waals surface area contributed by atoms with Gasteiger partial charge in [0.1, 0.15) is 5.82 Å². The van der Waals surface area contributed by atoms with Crippen molar-refractivity contribution < 1.29 is 9.18 Å². The number of anilines is 1. The van der Waals surface area contributed by atoms with Crippen molar-refractivity contribution in [3.05, 3.63) is 29.6 Å². The standard InChI is InChI=1S/C12H17FN2O.ClH/c1-8-3-5-10(7-11(8)13)15-12(16)6-4-9(2)14;/h3,5,7,9H,4,6,14H2,1-2H3,(H,15,16);1H. The molecule has 3 nitrogen and oxygen atoms in total. The molecule has 0 saturated heterocycles. The fourth-order valence-corrected chi connectivity index (χ4v) is 1.25. The molecule has 1 rings (SSSR count). The van der Waals surface area contributed by atoms with Crippen molar-refractivity contribution in [3.63, 3.8) is 0 Å². The van der Waals surface area contributed by atoms with Crippen molar-refractivity contribution in [2.75, 3.05) is 5.32 Å². The zero-order chi connectivity index (χ0) is 12.1. The van der Waals surface area contributed by atoms with Crippen LogP contribution >= 0.6 is 12.4 Å². The number of hydrogen-bond donors (Lipinski definition) is 2. The van der Waals surface area contributed by atoms with Gasteiger partial charge in [0.25, 0.3) is 0 Å². The van der Waals surface area contributed by atoms with Gasteiger partial charge in [-0.15, -0.1) is 12.4 Å². The van der Waals surface area contributed by atoms with Crippen LogP contribution in [0.15, 0.2) is 18.2 Å². The SMILES string of the molecule is Cc1ccc(NC(=O)CCC(C)N)cc1F.Cl. The summed E-state index contributed by atoms with van der Waals surface area (Å²) in [6, 6.07) is 4.64. The Morgan fingerprint density at radius 1 is 1.53 bits per heavy atom. The Bertz CT molecular complexity index is 383. The lowest BCUT2D eigenvalue weighted by Gasteiger charge is -2.07. The number of carbonyl (C=O) groups is 1. The van der Waals surface area contributed by atoms with Crippen LogP contribution in [-0.2, 0) is 4.79 Å². The van der Waals surface area contributed by atoms with Gasteiger partial charge in [-0.3, -0.25) is 4.79 Å². The second-order valence-electron chi connectivity index (χ2n) is 4.03. The Balaban J connectivity index is 0.00000256. The predicted molar refractivity (Wildman–Crippen MR) is 69.9 cm³/mol. The lowest BCUT2D eigenvalue weighted by molar-refractivity contribution is -0.116. The van der Waals surface area contributed by atoms with E-state index >= 15 is 0 Å². The number of carbonyl (C=O) groups excluding carboxylic acids is 1. The lowest BCUT2D eigenvalue weighted by atomic mass is 10.2. The van der Waals surface area contributed by atoms with Crippen molar-refractivity contribution in [2.45, 2.75) is 32.7 Å². The van der Waals surface area contributed by atoms with Crippen molar-refractivity contribution >= 4 is 24.0 Å². The molecule has 0 aromatic heterocycles. The number of nitrogens with two attached hydrogens (primary N) is 1. The number of hydrogen-bond acceptors (Lipinski definition) is 2. The van der Waals surface area contributed by atoms with Crippen LogP contribution in [0.25, 0.3) is 0 Å². The van der Waals surface area contributed by atoms with E-state index in [0.717, 1.165) is 0 Å². The maximum absolute atomic E-state index is 13.2. The molecule has 5 heteroatoms. The van der Waals surface area contributed by atoms with Gasteiger partial charge < -0.3 is 11.1 Å². The summed E-state index contributed by atoms with van der Waals surface area (Å²) in [5.41, 5.74) is 6.59. The van der Waals surface area contributed by atoms with Gasteiger partial charge in [0.05, 0.1) is 0 Å². The van der Waals surface area contributed by atoms with E-state index in [1.165, 1.54) is 6.07 Å². The van der Waals surface area contributed by atoms with E-state index in [4.69, 9.17) is 5.73 Å². The molecule has 0 spiro atoms. The topological polar surface area (TPSA) is 55.1 Å². The molecule has 0 radical (unpaired) electrons. The first-order chi connectivity index (χ1) is 7.49. The van der Waals surface area contributed by atoms with Gasteiger partial charge in [-0.2, -0.15) is 0 Å². The van der Waals surface area contributed by atoms with Crippen LogP contribution in [0.2, 0.25) is 0 Å². The monoisotopic (exact) mass is 260 g/mol. The maximum atomic E-state index is 13.2. The van der Waals surface area contributed by atoms with Crippen LogP contribution in [0.5, 0.6) is 0 Å². The molecule has 0 saturated carbocycles. The second-order valence-corrected chi connectivity index (χ2v) is 4.03. The molecule has 0 bridgehead atoms. The van der Waals surface area contributed by atoms with Crippen LogP contribution < -0.4 is 11.1 Å². The van der Waals surface area contributed by atoms with Crippen LogP contribution in [0.3, 0.4) is 0 Å². The Morgan fingerprint density at radius 3 is 2.71 bits per heavy atom. The van der Waals surface area contributed by atoms with E-state index < -0.39 is 0 Å². The third kappa shape index (κ3) is 5.65. The molecule has 1 atom stereocenters. The average Bonchev–Trinajstić information content (AvgIpc) is 2.21. The quantitative estimate of drug-likeness (QED) is 0.874. The Hall–Kier alpha value is -1.13. The minimum Gasteiger partial charge on any atom is -0.328 e. The molecular weight excluding hydrogens is 243 g/mol. The van der Waals surface area contributed by atoms with Crippen LogP contribution in [0, 0.1) is 12.7 Å². The highest BCUT2D eigenvalue weighted by Gasteiger charge is 2.05. The van der Waals surface area contributed by atoms with Crippen LogP contribution in [0.4, 0.5) is 10.1 Å². The van der Waals surface area contributed by atoms with Crippen molar-refractivity contribution in [3.8, 4) is 0 Å². The molecule has 96 valence electrons. The molecule has 1 unspecified atom stereocenters. The molecule has 1 aromatic carbocycles. The molecule has 1 aromatic rings. The molecule has 0 aliphatic rings. The number of nitrogens with one attached hydrogen (secondary N) is 1. The molecule has 0 fully saturated rings. The summed E-state index contributed by atoms with van der Waals surface area (Å²) in [5.74, 6) is -0.453. The van der Waals surface area contributed by atoms with E-state index in [0.29, 0.717) is 24.1 Å². The molecular formula is C12H18ClFN2O. The summed E-state index contributed by atoms with van der Waals surface area (Å²) in [6.45, 7) is 3.52.